The highest BCUT2D eigenvalue weighted by molar-refractivity contribution is 7.80. The van der Waals surface area contributed by atoms with Gasteiger partial charge in [0.2, 0.25) is 0 Å². The van der Waals surface area contributed by atoms with Crippen LogP contribution < -0.4 is 5.32 Å². The number of benzene rings is 3. The summed E-state index contributed by atoms with van der Waals surface area (Å²) in [6, 6.07) is 21.3. The van der Waals surface area contributed by atoms with Gasteiger partial charge in [0, 0.05) is 17.1 Å². The molecule has 1 unspecified atom stereocenters. The highest BCUT2D eigenvalue weighted by atomic mass is 35.5. The van der Waals surface area contributed by atoms with E-state index in [9.17, 15) is 5.11 Å². The van der Waals surface area contributed by atoms with Gasteiger partial charge in [-0.05, 0) is 84.7 Å². The average Bonchev–Trinajstić information content (AvgIpc) is 3.18. The summed E-state index contributed by atoms with van der Waals surface area (Å²) in [5, 5.41) is 21.2. The molecule has 1 aliphatic heterocycles. The number of aryl methyl sites for hydroxylation is 2. The number of aromatic hydroxyl groups is 1. The molecule has 2 N–H and O–H groups in total. The summed E-state index contributed by atoms with van der Waals surface area (Å²) in [5.41, 5.74) is 5.87. The summed E-state index contributed by atoms with van der Waals surface area (Å²) < 4.78 is 0. The highest BCUT2D eigenvalue weighted by Gasteiger charge is 2.31. The minimum absolute atomic E-state index is 0.0459. The maximum atomic E-state index is 9.88. The molecule has 0 saturated heterocycles. The van der Waals surface area contributed by atoms with Crippen molar-refractivity contribution in [2.45, 2.75) is 26.3 Å². The van der Waals surface area contributed by atoms with Gasteiger partial charge >= 0.3 is 0 Å². The second-order valence-corrected chi connectivity index (χ2v) is 8.23. The summed E-state index contributed by atoms with van der Waals surface area (Å²) in [6.07, 6.45) is 0.696. The molecule has 4 rings (SSSR count). The van der Waals surface area contributed by atoms with Crippen LogP contribution in [-0.2, 0) is 0 Å². The van der Waals surface area contributed by atoms with Crippen molar-refractivity contribution in [3.8, 4) is 5.75 Å². The molecule has 0 spiro atoms. The maximum Gasteiger partial charge on any atom is 0.194 e. The lowest BCUT2D eigenvalue weighted by Gasteiger charge is -2.25. The Morgan fingerprint density at radius 3 is 2.50 bits per heavy atom. The molecule has 1 heterocycles. The summed E-state index contributed by atoms with van der Waals surface area (Å²) >= 11 is 11.8. The summed E-state index contributed by atoms with van der Waals surface area (Å²) in [7, 11) is 0. The zero-order valence-corrected chi connectivity index (χ0v) is 18.3. The Labute approximate surface area is 186 Å². The van der Waals surface area contributed by atoms with Crippen molar-refractivity contribution in [3.05, 3.63) is 94.0 Å². The first-order chi connectivity index (χ1) is 14.4. The van der Waals surface area contributed by atoms with E-state index in [0.29, 0.717) is 16.6 Å². The average molecular weight is 436 g/mol. The number of phenols is 1. The van der Waals surface area contributed by atoms with E-state index in [2.05, 4.69) is 5.32 Å². The van der Waals surface area contributed by atoms with Crippen molar-refractivity contribution in [2.75, 3.05) is 5.32 Å². The number of halogens is 1. The quantitative estimate of drug-likeness (QED) is 0.480. The van der Waals surface area contributed by atoms with Crippen molar-refractivity contribution >= 4 is 40.3 Å². The molecule has 0 saturated carbocycles. The van der Waals surface area contributed by atoms with Gasteiger partial charge in [-0.1, -0.05) is 41.9 Å². The number of hydrazone groups is 1. The van der Waals surface area contributed by atoms with E-state index in [0.717, 1.165) is 33.7 Å². The lowest BCUT2D eigenvalue weighted by molar-refractivity contribution is 0.375. The topological polar surface area (TPSA) is 47.9 Å². The molecule has 1 aliphatic rings. The fourth-order valence-corrected chi connectivity index (χ4v) is 3.94. The van der Waals surface area contributed by atoms with Crippen molar-refractivity contribution in [1.82, 2.24) is 5.01 Å². The number of nitrogens with zero attached hydrogens (tertiary/aromatic N) is 2. The van der Waals surface area contributed by atoms with Crippen molar-refractivity contribution in [2.24, 2.45) is 5.10 Å². The Morgan fingerprint density at radius 1 is 1.07 bits per heavy atom. The first-order valence-corrected chi connectivity index (χ1v) is 10.5. The smallest absolute Gasteiger partial charge is 0.194 e. The van der Waals surface area contributed by atoms with Crippen LogP contribution in [0.25, 0.3) is 0 Å². The number of rotatable bonds is 3. The van der Waals surface area contributed by atoms with Crippen molar-refractivity contribution in [3.63, 3.8) is 0 Å². The molecule has 3 aromatic rings. The predicted octanol–water partition coefficient (Wildman–Crippen LogP) is 6.21. The van der Waals surface area contributed by atoms with E-state index >= 15 is 0 Å². The van der Waals surface area contributed by atoms with Crippen LogP contribution in [0.4, 0.5) is 5.69 Å². The largest absolute Gasteiger partial charge is 0.508 e. The third kappa shape index (κ3) is 4.18. The second-order valence-electron chi connectivity index (χ2n) is 7.41. The molecule has 0 fully saturated rings. The summed E-state index contributed by atoms with van der Waals surface area (Å²) in [4.78, 5) is 0. The Bertz CT molecular complexity index is 1130. The van der Waals surface area contributed by atoms with Crippen LogP contribution in [0.15, 0.2) is 71.8 Å². The minimum atomic E-state index is -0.0459. The zero-order chi connectivity index (χ0) is 21.3. The van der Waals surface area contributed by atoms with Gasteiger partial charge < -0.3 is 10.4 Å². The molecule has 0 aromatic heterocycles. The standard InChI is InChI=1S/C24H22ClN3OS/c1-15-5-3-4-6-20(15)26-24(30)28-22(17-7-10-19(25)11-8-17)14-21(27-28)18-9-12-23(29)16(2)13-18/h3-13,22,29H,14H2,1-2H3,(H,26,30). The van der Waals surface area contributed by atoms with Crippen LogP contribution in [0.5, 0.6) is 5.75 Å². The molecule has 0 amide bonds. The fourth-order valence-electron chi connectivity index (χ4n) is 3.54. The summed E-state index contributed by atoms with van der Waals surface area (Å²) in [6.45, 7) is 3.92. The van der Waals surface area contributed by atoms with Crippen LogP contribution in [0, 0.1) is 13.8 Å². The van der Waals surface area contributed by atoms with Gasteiger partial charge in [0.15, 0.2) is 5.11 Å². The maximum absolute atomic E-state index is 9.88. The van der Waals surface area contributed by atoms with Crippen molar-refractivity contribution < 1.29 is 5.11 Å². The Hall–Kier alpha value is -2.89. The van der Waals surface area contributed by atoms with Gasteiger partial charge in [0.25, 0.3) is 0 Å². The number of thiocarbonyl (C=S) groups is 1. The van der Waals surface area contributed by atoms with Crippen LogP contribution >= 0.6 is 23.8 Å². The number of phenolic OH excluding ortho intramolecular Hbond substituents is 1. The van der Waals surface area contributed by atoms with E-state index in [4.69, 9.17) is 28.9 Å². The Morgan fingerprint density at radius 2 is 1.80 bits per heavy atom. The first kappa shape index (κ1) is 20.4. The molecule has 0 bridgehead atoms. The third-order valence-corrected chi connectivity index (χ3v) is 5.83. The van der Waals surface area contributed by atoms with Crippen LogP contribution in [0.2, 0.25) is 5.02 Å². The third-order valence-electron chi connectivity index (χ3n) is 5.29. The molecule has 4 nitrogen and oxygen atoms in total. The van der Waals surface area contributed by atoms with Crippen molar-refractivity contribution in [1.29, 1.82) is 0 Å². The SMILES string of the molecule is Cc1cc(C2=NN(C(=S)Nc3ccccc3C)C(c3ccc(Cl)cc3)C2)ccc1O. The Balaban J connectivity index is 1.68. The molecule has 152 valence electrons. The number of anilines is 1. The number of hydrogen-bond acceptors (Lipinski definition) is 3. The highest BCUT2D eigenvalue weighted by Crippen LogP contribution is 2.34. The van der Waals surface area contributed by atoms with E-state index in [1.807, 2.05) is 79.5 Å². The molecule has 3 aromatic carbocycles. The van der Waals surface area contributed by atoms with E-state index in [1.54, 1.807) is 6.07 Å². The fraction of sp³-hybridized carbons (Fsp3) is 0.167. The Kier molecular flexibility index (Phi) is 5.75. The number of nitrogens with one attached hydrogen (secondary N) is 1. The van der Waals surface area contributed by atoms with Crippen LogP contribution in [0.3, 0.4) is 0 Å². The molecular weight excluding hydrogens is 414 g/mol. The number of para-hydroxylation sites is 1. The molecule has 0 radical (unpaired) electrons. The molecule has 1 atom stereocenters. The van der Waals surface area contributed by atoms with Gasteiger partial charge in [-0.15, -0.1) is 0 Å². The lowest BCUT2D eigenvalue weighted by atomic mass is 9.97. The van der Waals surface area contributed by atoms with Gasteiger partial charge in [-0.3, -0.25) is 0 Å². The number of hydrogen-bond donors (Lipinski definition) is 2. The van der Waals surface area contributed by atoms with Gasteiger partial charge in [0.05, 0.1) is 11.8 Å². The minimum Gasteiger partial charge on any atom is -0.508 e. The van der Waals surface area contributed by atoms with Crippen LogP contribution in [-0.4, -0.2) is 20.9 Å². The molecule has 0 aliphatic carbocycles. The lowest BCUT2D eigenvalue weighted by Crippen LogP contribution is -2.31. The molecule has 30 heavy (non-hydrogen) atoms. The monoisotopic (exact) mass is 435 g/mol. The zero-order valence-electron chi connectivity index (χ0n) is 16.8. The van der Waals surface area contributed by atoms with E-state index in [1.165, 1.54) is 0 Å². The van der Waals surface area contributed by atoms with Gasteiger partial charge in [0.1, 0.15) is 5.75 Å². The molecular formula is C24H22ClN3OS. The van der Waals surface area contributed by atoms with E-state index < -0.39 is 0 Å². The first-order valence-electron chi connectivity index (χ1n) is 9.71. The predicted molar refractivity (Wildman–Crippen MR) is 127 cm³/mol. The van der Waals surface area contributed by atoms with Gasteiger partial charge in [-0.2, -0.15) is 5.10 Å². The summed E-state index contributed by atoms with van der Waals surface area (Å²) in [5.74, 6) is 0.278. The molecule has 6 heteroatoms. The van der Waals surface area contributed by atoms with E-state index in [-0.39, 0.29) is 11.8 Å². The normalized spacial score (nSPS) is 15.8. The van der Waals surface area contributed by atoms with Gasteiger partial charge in [-0.25, -0.2) is 5.01 Å². The van der Waals surface area contributed by atoms with Crippen LogP contribution in [0.1, 0.15) is 34.7 Å². The second kappa shape index (κ2) is 8.46.